The van der Waals surface area contributed by atoms with E-state index in [4.69, 9.17) is 17.0 Å². The summed E-state index contributed by atoms with van der Waals surface area (Å²) in [4.78, 5) is 0. The van der Waals surface area contributed by atoms with Crippen molar-refractivity contribution in [3.05, 3.63) is 102 Å². The van der Waals surface area contributed by atoms with Gasteiger partial charge in [0.15, 0.2) is 5.11 Å². The van der Waals surface area contributed by atoms with Gasteiger partial charge >= 0.3 is 0 Å². The maximum Gasteiger partial charge on any atom is 0.189 e. The van der Waals surface area contributed by atoms with E-state index in [0.29, 0.717) is 5.11 Å². The van der Waals surface area contributed by atoms with Crippen molar-refractivity contribution in [3.8, 4) is 5.75 Å². The smallest absolute Gasteiger partial charge is 0.189 e. The lowest BCUT2D eigenvalue weighted by Crippen LogP contribution is -2.39. The summed E-state index contributed by atoms with van der Waals surface area (Å²) >= 11 is 5.42. The molecule has 3 aromatic carbocycles. The van der Waals surface area contributed by atoms with Gasteiger partial charge in [0.1, 0.15) is 11.9 Å². The Balaban J connectivity index is 1.50. The molecule has 0 saturated heterocycles. The van der Waals surface area contributed by atoms with Crippen LogP contribution in [0.2, 0.25) is 0 Å². The second-order valence-electron chi connectivity index (χ2n) is 6.60. The van der Waals surface area contributed by atoms with Crippen molar-refractivity contribution in [1.82, 2.24) is 10.9 Å². The first-order chi connectivity index (χ1) is 13.7. The molecule has 1 aliphatic rings. The number of thiocarbonyl (C=S) groups is 1. The topological polar surface area (TPSA) is 45.3 Å². The van der Waals surface area contributed by atoms with Gasteiger partial charge in [-0.3, -0.25) is 10.9 Å². The van der Waals surface area contributed by atoms with Crippen molar-refractivity contribution in [2.45, 2.75) is 13.0 Å². The maximum absolute atomic E-state index is 6.17. The van der Waals surface area contributed by atoms with E-state index >= 15 is 0 Å². The van der Waals surface area contributed by atoms with Crippen molar-refractivity contribution in [3.63, 3.8) is 0 Å². The van der Waals surface area contributed by atoms with E-state index < -0.39 is 0 Å². The SMILES string of the molecule is Cc1ccc(NC(=S)NNC2=C[C@H](c3ccccc3)Oc3ccccc32)cc1. The molecule has 0 bridgehead atoms. The van der Waals surface area contributed by atoms with Crippen LogP contribution in [-0.2, 0) is 0 Å². The summed E-state index contributed by atoms with van der Waals surface area (Å²) in [7, 11) is 0. The van der Waals surface area contributed by atoms with Gasteiger partial charge in [-0.15, -0.1) is 0 Å². The number of para-hydroxylation sites is 1. The molecule has 4 rings (SSSR count). The molecular formula is C23H21N3OS. The molecule has 0 aliphatic carbocycles. The Morgan fingerprint density at radius 2 is 1.61 bits per heavy atom. The van der Waals surface area contributed by atoms with Crippen molar-refractivity contribution in [1.29, 1.82) is 0 Å². The Labute approximate surface area is 170 Å². The van der Waals surface area contributed by atoms with E-state index in [0.717, 1.165) is 28.3 Å². The molecule has 0 unspecified atom stereocenters. The second-order valence-corrected chi connectivity index (χ2v) is 7.00. The summed E-state index contributed by atoms with van der Waals surface area (Å²) in [5.41, 5.74) is 11.5. The van der Waals surface area contributed by atoms with Crippen LogP contribution in [0.15, 0.2) is 84.9 Å². The van der Waals surface area contributed by atoms with Gasteiger partial charge in [0, 0.05) is 11.3 Å². The average Bonchev–Trinajstić information content (AvgIpc) is 2.74. The predicted octanol–water partition coefficient (Wildman–Crippen LogP) is 4.96. The zero-order chi connectivity index (χ0) is 19.3. The number of hydrogen-bond acceptors (Lipinski definition) is 3. The van der Waals surface area contributed by atoms with Crippen LogP contribution in [0.5, 0.6) is 5.75 Å². The van der Waals surface area contributed by atoms with Crippen LogP contribution in [0, 0.1) is 6.92 Å². The normalized spacial score (nSPS) is 14.9. The van der Waals surface area contributed by atoms with Gasteiger partial charge in [0.25, 0.3) is 0 Å². The number of aryl methyl sites for hydroxylation is 1. The van der Waals surface area contributed by atoms with E-state index in [1.54, 1.807) is 0 Å². The first-order valence-corrected chi connectivity index (χ1v) is 9.52. The molecule has 1 aliphatic heterocycles. The fraction of sp³-hybridized carbons (Fsp3) is 0.0870. The highest BCUT2D eigenvalue weighted by atomic mass is 32.1. The number of hydrazine groups is 1. The number of ether oxygens (including phenoxy) is 1. The lowest BCUT2D eigenvalue weighted by Gasteiger charge is -2.27. The van der Waals surface area contributed by atoms with E-state index in [-0.39, 0.29) is 6.10 Å². The fourth-order valence-electron chi connectivity index (χ4n) is 3.04. The molecule has 0 saturated carbocycles. The standard InChI is InChI=1S/C23H21N3OS/c1-16-11-13-18(14-12-16)24-23(28)26-25-20-15-22(17-7-3-2-4-8-17)27-21-10-6-5-9-19(20)21/h2-15,22,25H,1H3,(H2,24,26,28)/t22-/m1/s1. The number of rotatable bonds is 4. The molecule has 5 heteroatoms. The van der Waals surface area contributed by atoms with Gasteiger partial charge in [-0.05, 0) is 55.0 Å². The monoisotopic (exact) mass is 387 g/mol. The van der Waals surface area contributed by atoms with Crippen molar-refractivity contribution >= 4 is 28.7 Å². The lowest BCUT2D eigenvalue weighted by molar-refractivity contribution is 0.249. The predicted molar refractivity (Wildman–Crippen MR) is 118 cm³/mol. The van der Waals surface area contributed by atoms with Crippen molar-refractivity contribution in [2.75, 3.05) is 5.32 Å². The minimum absolute atomic E-state index is 0.168. The molecule has 3 aromatic rings. The third kappa shape index (κ3) is 4.15. The van der Waals surface area contributed by atoms with E-state index in [9.17, 15) is 0 Å². The first-order valence-electron chi connectivity index (χ1n) is 9.11. The van der Waals surface area contributed by atoms with Gasteiger partial charge in [0.05, 0.1) is 5.70 Å². The van der Waals surface area contributed by atoms with Crippen LogP contribution in [-0.4, -0.2) is 5.11 Å². The Hall–Kier alpha value is -3.31. The maximum atomic E-state index is 6.17. The number of benzene rings is 3. The van der Waals surface area contributed by atoms with Gasteiger partial charge < -0.3 is 10.1 Å². The quantitative estimate of drug-likeness (QED) is 0.436. The van der Waals surface area contributed by atoms with Crippen molar-refractivity contribution < 1.29 is 4.74 Å². The van der Waals surface area contributed by atoms with Crippen LogP contribution in [0.1, 0.15) is 22.8 Å². The molecule has 1 heterocycles. The first kappa shape index (κ1) is 18.1. The Kier molecular flexibility index (Phi) is 5.26. The number of anilines is 1. The summed E-state index contributed by atoms with van der Waals surface area (Å²) in [6.07, 6.45) is 1.89. The molecule has 28 heavy (non-hydrogen) atoms. The molecule has 3 N–H and O–H groups in total. The van der Waals surface area contributed by atoms with Crippen LogP contribution in [0.4, 0.5) is 5.69 Å². The number of nitrogens with one attached hydrogen (secondary N) is 3. The molecular weight excluding hydrogens is 366 g/mol. The zero-order valence-corrected chi connectivity index (χ0v) is 16.3. The average molecular weight is 388 g/mol. The third-order valence-electron chi connectivity index (χ3n) is 4.50. The summed E-state index contributed by atoms with van der Waals surface area (Å²) in [5.74, 6) is 0.834. The summed E-state index contributed by atoms with van der Waals surface area (Å²) in [6.45, 7) is 2.06. The zero-order valence-electron chi connectivity index (χ0n) is 15.5. The summed E-state index contributed by atoms with van der Waals surface area (Å²) < 4.78 is 6.17. The Morgan fingerprint density at radius 3 is 2.39 bits per heavy atom. The lowest BCUT2D eigenvalue weighted by atomic mass is 10.0. The molecule has 0 spiro atoms. The largest absolute Gasteiger partial charge is 0.481 e. The second kappa shape index (κ2) is 8.15. The van der Waals surface area contributed by atoms with Crippen LogP contribution in [0.3, 0.4) is 0 Å². The van der Waals surface area contributed by atoms with E-state index in [2.05, 4.69) is 41.3 Å². The van der Waals surface area contributed by atoms with Gasteiger partial charge in [-0.1, -0.05) is 60.2 Å². The molecule has 0 fully saturated rings. The molecule has 0 amide bonds. The minimum atomic E-state index is -0.168. The number of fused-ring (bicyclic) bond motifs is 1. The van der Waals surface area contributed by atoms with Gasteiger partial charge in [0.2, 0.25) is 0 Å². The van der Waals surface area contributed by atoms with Crippen molar-refractivity contribution in [2.24, 2.45) is 0 Å². The molecule has 0 aromatic heterocycles. The Morgan fingerprint density at radius 1 is 0.893 bits per heavy atom. The van der Waals surface area contributed by atoms with Crippen LogP contribution in [0.25, 0.3) is 5.70 Å². The minimum Gasteiger partial charge on any atom is -0.481 e. The highest BCUT2D eigenvalue weighted by Crippen LogP contribution is 2.35. The van der Waals surface area contributed by atoms with Crippen LogP contribution < -0.4 is 20.9 Å². The van der Waals surface area contributed by atoms with E-state index in [1.165, 1.54) is 5.56 Å². The molecule has 140 valence electrons. The molecule has 1 atom stereocenters. The molecule has 4 nitrogen and oxygen atoms in total. The highest BCUT2D eigenvalue weighted by Gasteiger charge is 2.21. The van der Waals surface area contributed by atoms with E-state index in [1.807, 2.05) is 66.7 Å². The van der Waals surface area contributed by atoms with Gasteiger partial charge in [-0.2, -0.15) is 0 Å². The third-order valence-corrected chi connectivity index (χ3v) is 4.70. The molecule has 0 radical (unpaired) electrons. The highest BCUT2D eigenvalue weighted by molar-refractivity contribution is 7.80. The van der Waals surface area contributed by atoms with Gasteiger partial charge in [-0.25, -0.2) is 0 Å². The Bertz CT molecular complexity index is 1000. The summed E-state index contributed by atoms with van der Waals surface area (Å²) in [5, 5.41) is 3.67. The van der Waals surface area contributed by atoms with Crippen LogP contribution >= 0.6 is 12.2 Å². The fourth-order valence-corrected chi connectivity index (χ4v) is 3.21. The number of hydrogen-bond donors (Lipinski definition) is 3. The summed E-state index contributed by atoms with van der Waals surface area (Å²) in [6, 6.07) is 26.2.